The number of aryl methyl sites for hydroxylation is 1. The van der Waals surface area contributed by atoms with E-state index in [-0.39, 0.29) is 11.8 Å². The number of rotatable bonds is 8. The molecule has 1 fully saturated rings. The molecule has 0 aromatic heterocycles. The standard InChI is InChI=1S/C24H30N2O6/c1-29-19-8-5-17(15-21(19)31-3)6-10-23(27)25-11-13-26(14-12-25)24(28)18-7-9-20(30-2)22(16-18)32-4/h5,7-9,15-16H,6,10-14H2,1-4H3. The van der Waals surface area contributed by atoms with Gasteiger partial charge >= 0.3 is 0 Å². The Hall–Kier alpha value is -3.42. The molecule has 0 N–H and O–H groups in total. The second-order valence-corrected chi connectivity index (χ2v) is 7.43. The SMILES string of the molecule is COc1ccc(CCC(=O)N2CCN(C(=O)c3ccc(OC)c(OC)c3)CC2)cc1OC. The zero-order valence-corrected chi connectivity index (χ0v) is 19.1. The minimum atomic E-state index is -0.0802. The summed E-state index contributed by atoms with van der Waals surface area (Å²) >= 11 is 0. The topological polar surface area (TPSA) is 77.5 Å². The number of piperazine rings is 1. The number of amides is 2. The lowest BCUT2D eigenvalue weighted by molar-refractivity contribution is -0.132. The molecule has 0 spiro atoms. The molecular formula is C24H30N2O6. The Balaban J connectivity index is 1.53. The van der Waals surface area contributed by atoms with Crippen LogP contribution in [0.15, 0.2) is 36.4 Å². The van der Waals surface area contributed by atoms with E-state index in [1.807, 2.05) is 23.1 Å². The van der Waals surface area contributed by atoms with Gasteiger partial charge in [0.25, 0.3) is 5.91 Å². The van der Waals surface area contributed by atoms with Gasteiger partial charge < -0.3 is 28.7 Å². The van der Waals surface area contributed by atoms with Crippen LogP contribution < -0.4 is 18.9 Å². The fourth-order valence-corrected chi connectivity index (χ4v) is 3.76. The second-order valence-electron chi connectivity index (χ2n) is 7.43. The molecule has 2 amide bonds. The highest BCUT2D eigenvalue weighted by atomic mass is 16.5. The molecule has 0 saturated carbocycles. The first-order valence-corrected chi connectivity index (χ1v) is 10.5. The van der Waals surface area contributed by atoms with E-state index >= 15 is 0 Å². The summed E-state index contributed by atoms with van der Waals surface area (Å²) in [6.07, 6.45) is 1.02. The highest BCUT2D eigenvalue weighted by Crippen LogP contribution is 2.29. The van der Waals surface area contributed by atoms with Gasteiger partial charge in [0.1, 0.15) is 0 Å². The number of hydrogen-bond donors (Lipinski definition) is 0. The third-order valence-electron chi connectivity index (χ3n) is 5.63. The van der Waals surface area contributed by atoms with Crippen LogP contribution in [-0.2, 0) is 11.2 Å². The second kappa shape index (κ2) is 10.7. The third kappa shape index (κ3) is 5.25. The minimum Gasteiger partial charge on any atom is -0.493 e. The lowest BCUT2D eigenvalue weighted by Gasteiger charge is -2.35. The van der Waals surface area contributed by atoms with Crippen molar-refractivity contribution in [3.05, 3.63) is 47.5 Å². The molecule has 2 aromatic rings. The van der Waals surface area contributed by atoms with E-state index in [2.05, 4.69) is 0 Å². The Morgan fingerprint density at radius 2 is 1.25 bits per heavy atom. The molecule has 1 aliphatic rings. The zero-order chi connectivity index (χ0) is 23.1. The zero-order valence-electron chi connectivity index (χ0n) is 19.1. The van der Waals surface area contributed by atoms with Gasteiger partial charge in [0, 0.05) is 38.2 Å². The molecule has 172 valence electrons. The summed E-state index contributed by atoms with van der Waals surface area (Å²) < 4.78 is 21.1. The van der Waals surface area contributed by atoms with Crippen LogP contribution in [-0.4, -0.2) is 76.2 Å². The van der Waals surface area contributed by atoms with Crippen molar-refractivity contribution >= 4 is 11.8 Å². The summed E-state index contributed by atoms with van der Waals surface area (Å²) in [5.41, 5.74) is 1.55. The average molecular weight is 443 g/mol. The lowest BCUT2D eigenvalue weighted by Crippen LogP contribution is -2.50. The van der Waals surface area contributed by atoms with Crippen molar-refractivity contribution in [3.8, 4) is 23.0 Å². The first kappa shape index (κ1) is 23.2. The predicted molar refractivity (Wildman–Crippen MR) is 120 cm³/mol. The number of hydrogen-bond acceptors (Lipinski definition) is 6. The Bertz CT molecular complexity index is 954. The van der Waals surface area contributed by atoms with Gasteiger partial charge in [-0.2, -0.15) is 0 Å². The maximum Gasteiger partial charge on any atom is 0.254 e. The fraction of sp³-hybridized carbons (Fsp3) is 0.417. The van der Waals surface area contributed by atoms with Crippen LogP contribution >= 0.6 is 0 Å². The molecule has 3 rings (SSSR count). The Morgan fingerprint density at radius 1 is 0.719 bits per heavy atom. The van der Waals surface area contributed by atoms with Crippen molar-refractivity contribution in [2.24, 2.45) is 0 Å². The molecule has 8 nitrogen and oxygen atoms in total. The average Bonchev–Trinajstić information content (AvgIpc) is 2.86. The molecule has 0 aliphatic carbocycles. The van der Waals surface area contributed by atoms with Crippen LogP contribution in [0.25, 0.3) is 0 Å². The van der Waals surface area contributed by atoms with Gasteiger partial charge in [-0.25, -0.2) is 0 Å². The number of methoxy groups -OCH3 is 4. The van der Waals surface area contributed by atoms with E-state index in [4.69, 9.17) is 18.9 Å². The van der Waals surface area contributed by atoms with Crippen molar-refractivity contribution in [1.82, 2.24) is 9.80 Å². The van der Waals surface area contributed by atoms with Crippen LogP contribution in [0.5, 0.6) is 23.0 Å². The van der Waals surface area contributed by atoms with Crippen molar-refractivity contribution in [2.45, 2.75) is 12.8 Å². The van der Waals surface area contributed by atoms with Gasteiger partial charge in [0.05, 0.1) is 28.4 Å². The molecule has 0 atom stereocenters. The van der Waals surface area contributed by atoms with Crippen LogP contribution in [0.4, 0.5) is 0 Å². The summed E-state index contributed by atoms with van der Waals surface area (Å²) in [5, 5.41) is 0. The molecular weight excluding hydrogens is 412 g/mol. The quantitative estimate of drug-likeness (QED) is 0.626. The highest BCUT2D eigenvalue weighted by Gasteiger charge is 2.25. The number of nitrogens with zero attached hydrogens (tertiary/aromatic N) is 2. The largest absolute Gasteiger partial charge is 0.493 e. The molecule has 0 bridgehead atoms. The molecule has 32 heavy (non-hydrogen) atoms. The summed E-state index contributed by atoms with van der Waals surface area (Å²) in [5.74, 6) is 2.41. The summed E-state index contributed by atoms with van der Waals surface area (Å²) in [7, 11) is 6.28. The highest BCUT2D eigenvalue weighted by molar-refractivity contribution is 5.95. The smallest absolute Gasteiger partial charge is 0.254 e. The van der Waals surface area contributed by atoms with E-state index < -0.39 is 0 Å². The van der Waals surface area contributed by atoms with E-state index in [0.29, 0.717) is 67.6 Å². The van der Waals surface area contributed by atoms with Gasteiger partial charge in [-0.3, -0.25) is 9.59 Å². The normalized spacial score (nSPS) is 13.5. The number of benzene rings is 2. The summed E-state index contributed by atoms with van der Waals surface area (Å²) in [6, 6.07) is 10.8. The molecule has 2 aromatic carbocycles. The van der Waals surface area contributed by atoms with Crippen molar-refractivity contribution in [2.75, 3.05) is 54.6 Å². The third-order valence-corrected chi connectivity index (χ3v) is 5.63. The number of carbonyl (C=O) groups excluding carboxylic acids is 2. The predicted octanol–water partition coefficient (Wildman–Crippen LogP) is 2.64. The Morgan fingerprint density at radius 3 is 1.84 bits per heavy atom. The summed E-state index contributed by atoms with van der Waals surface area (Å²) in [6.45, 7) is 2.03. The van der Waals surface area contributed by atoms with E-state index in [0.717, 1.165) is 5.56 Å². The van der Waals surface area contributed by atoms with E-state index in [9.17, 15) is 9.59 Å². The van der Waals surface area contributed by atoms with Gasteiger partial charge in [0.2, 0.25) is 5.91 Å². The van der Waals surface area contributed by atoms with Gasteiger partial charge in [-0.05, 0) is 42.3 Å². The maximum absolute atomic E-state index is 12.9. The van der Waals surface area contributed by atoms with Gasteiger partial charge in [-0.15, -0.1) is 0 Å². The first-order chi connectivity index (χ1) is 15.5. The molecule has 0 radical (unpaired) electrons. The molecule has 1 aliphatic heterocycles. The van der Waals surface area contributed by atoms with Gasteiger partial charge in [0.15, 0.2) is 23.0 Å². The van der Waals surface area contributed by atoms with Crippen molar-refractivity contribution in [1.29, 1.82) is 0 Å². The van der Waals surface area contributed by atoms with Crippen LogP contribution in [0.2, 0.25) is 0 Å². The Kier molecular flexibility index (Phi) is 7.81. The van der Waals surface area contributed by atoms with Crippen molar-refractivity contribution < 1.29 is 28.5 Å². The van der Waals surface area contributed by atoms with E-state index in [1.54, 1.807) is 51.5 Å². The molecule has 1 saturated heterocycles. The molecule has 1 heterocycles. The van der Waals surface area contributed by atoms with Crippen LogP contribution in [0.3, 0.4) is 0 Å². The minimum absolute atomic E-state index is 0.0802. The van der Waals surface area contributed by atoms with Crippen molar-refractivity contribution in [3.63, 3.8) is 0 Å². The Labute approximate surface area is 188 Å². The first-order valence-electron chi connectivity index (χ1n) is 10.5. The lowest BCUT2D eigenvalue weighted by atomic mass is 10.1. The van der Waals surface area contributed by atoms with Gasteiger partial charge in [-0.1, -0.05) is 6.07 Å². The van der Waals surface area contributed by atoms with Crippen LogP contribution in [0, 0.1) is 0 Å². The maximum atomic E-state index is 12.9. The van der Waals surface area contributed by atoms with Crippen LogP contribution in [0.1, 0.15) is 22.3 Å². The molecule has 8 heteroatoms. The number of carbonyl (C=O) groups is 2. The molecule has 0 unspecified atom stereocenters. The fourth-order valence-electron chi connectivity index (χ4n) is 3.76. The summed E-state index contributed by atoms with van der Waals surface area (Å²) in [4.78, 5) is 29.1. The number of ether oxygens (including phenoxy) is 4. The monoisotopic (exact) mass is 442 g/mol. The van der Waals surface area contributed by atoms with E-state index in [1.165, 1.54) is 0 Å².